The maximum absolute atomic E-state index is 5.46. The topological polar surface area (TPSA) is 9.23 Å². The summed E-state index contributed by atoms with van der Waals surface area (Å²) in [5.74, 6) is 0. The van der Waals surface area contributed by atoms with Gasteiger partial charge >= 0.3 is 0 Å². The van der Waals surface area contributed by atoms with E-state index < -0.39 is 0 Å². The highest BCUT2D eigenvalue weighted by atomic mass is 32.2. The Labute approximate surface area is 78.1 Å². The predicted octanol–water partition coefficient (Wildman–Crippen LogP) is 3.08. The summed E-state index contributed by atoms with van der Waals surface area (Å²) in [4.78, 5) is 0. The second kappa shape index (κ2) is 5.22. The third-order valence-electron chi connectivity index (χ3n) is 1.57. The van der Waals surface area contributed by atoms with E-state index in [2.05, 4.69) is 12.1 Å². The molecule has 0 aromatic heterocycles. The van der Waals surface area contributed by atoms with Crippen molar-refractivity contribution in [2.45, 2.75) is 13.5 Å². The van der Waals surface area contributed by atoms with Gasteiger partial charge in [0.15, 0.2) is 0 Å². The van der Waals surface area contributed by atoms with Crippen LogP contribution >= 0.6 is 11.8 Å². The van der Waals surface area contributed by atoms with Crippen LogP contribution in [-0.2, 0) is 11.3 Å². The summed E-state index contributed by atoms with van der Waals surface area (Å²) in [5.41, 5.74) is 2.23. The van der Waals surface area contributed by atoms with Gasteiger partial charge in [0, 0.05) is 0 Å². The molecule has 0 aliphatic rings. The Morgan fingerprint density at radius 3 is 2.58 bits per heavy atom. The molecule has 0 aliphatic heterocycles. The highest BCUT2D eigenvalue weighted by Crippen LogP contribution is 2.17. The number of benzene rings is 1. The lowest BCUT2D eigenvalue weighted by Gasteiger charge is -2.07. The van der Waals surface area contributed by atoms with Gasteiger partial charge in [-0.05, 0) is 18.7 Å². The van der Waals surface area contributed by atoms with Crippen LogP contribution in [0, 0.1) is 5.44 Å². The first-order valence-corrected chi connectivity index (χ1v) is 5.09. The Bertz CT molecular complexity index is 210. The second-order valence-corrected chi connectivity index (χ2v) is 3.45. The maximum atomic E-state index is 5.46. The van der Waals surface area contributed by atoms with Crippen molar-refractivity contribution in [3.8, 4) is 0 Å². The van der Waals surface area contributed by atoms with Crippen molar-refractivity contribution in [3.05, 3.63) is 41.3 Å². The molecule has 0 spiro atoms. The fourth-order valence-corrected chi connectivity index (χ4v) is 0.995. The van der Waals surface area contributed by atoms with Gasteiger partial charge < -0.3 is 4.74 Å². The van der Waals surface area contributed by atoms with Crippen LogP contribution in [0.5, 0.6) is 0 Å². The van der Waals surface area contributed by atoms with Crippen molar-refractivity contribution in [2.24, 2.45) is 0 Å². The fraction of sp³-hybridized carbons (Fsp3) is 0.300. The normalized spacial score (nSPS) is 10.6. The van der Waals surface area contributed by atoms with Gasteiger partial charge in [-0.3, -0.25) is 0 Å². The van der Waals surface area contributed by atoms with Crippen molar-refractivity contribution in [1.82, 2.24) is 0 Å². The molecule has 0 fully saturated rings. The van der Waals surface area contributed by atoms with Crippen LogP contribution in [0.2, 0.25) is 0 Å². The molecule has 2 heteroatoms. The van der Waals surface area contributed by atoms with Crippen LogP contribution in [0.3, 0.4) is 0 Å². The zero-order valence-electron chi connectivity index (χ0n) is 7.41. The second-order valence-electron chi connectivity index (χ2n) is 2.47. The van der Waals surface area contributed by atoms with Crippen molar-refractivity contribution in [3.63, 3.8) is 0 Å². The molecule has 1 aromatic rings. The minimum Gasteiger partial charge on any atom is -0.356 e. The van der Waals surface area contributed by atoms with Crippen LogP contribution in [0.4, 0.5) is 0 Å². The average molecular weight is 181 g/mol. The molecule has 12 heavy (non-hydrogen) atoms. The monoisotopic (exact) mass is 181 g/mol. The smallest absolute Gasteiger partial charge is 0.149 e. The lowest BCUT2D eigenvalue weighted by Crippen LogP contribution is -1.94. The zero-order valence-corrected chi connectivity index (χ0v) is 8.23. The molecule has 0 heterocycles. The quantitative estimate of drug-likeness (QED) is 0.706. The number of hydrogen-bond donors (Lipinski definition) is 0. The standard InChI is InChI=1S/C10H13OS/c1-9(12-2)11-8-10-6-4-3-5-7-10/h3-7H,8H2,1-2H3. The summed E-state index contributed by atoms with van der Waals surface area (Å²) in [6, 6.07) is 10.2. The molecule has 0 saturated carbocycles. The summed E-state index contributed by atoms with van der Waals surface area (Å²) in [6.07, 6.45) is 2.01. The first-order valence-electron chi connectivity index (χ1n) is 3.87. The summed E-state index contributed by atoms with van der Waals surface area (Å²) in [5, 5.41) is 0. The van der Waals surface area contributed by atoms with E-state index in [1.807, 2.05) is 31.4 Å². The Morgan fingerprint density at radius 2 is 2.00 bits per heavy atom. The molecule has 1 aromatic carbocycles. The first kappa shape index (κ1) is 9.62. The Hall–Kier alpha value is -0.470. The Balaban J connectivity index is 2.33. The van der Waals surface area contributed by atoms with Gasteiger partial charge in [0.2, 0.25) is 0 Å². The first-order chi connectivity index (χ1) is 5.83. The number of thioether (sulfide) groups is 1. The van der Waals surface area contributed by atoms with Gasteiger partial charge in [-0.1, -0.05) is 30.3 Å². The molecule has 1 nitrogen and oxygen atoms in total. The van der Waals surface area contributed by atoms with Crippen molar-refractivity contribution < 1.29 is 4.74 Å². The number of rotatable bonds is 4. The van der Waals surface area contributed by atoms with Gasteiger partial charge in [-0.15, -0.1) is 11.8 Å². The number of hydrogen-bond acceptors (Lipinski definition) is 2. The van der Waals surface area contributed by atoms with E-state index in [0.717, 1.165) is 5.44 Å². The van der Waals surface area contributed by atoms with Gasteiger partial charge in [-0.2, -0.15) is 0 Å². The zero-order chi connectivity index (χ0) is 8.81. The highest BCUT2D eigenvalue weighted by Gasteiger charge is 1.99. The third kappa shape index (κ3) is 3.28. The Morgan fingerprint density at radius 1 is 1.33 bits per heavy atom. The molecule has 0 atom stereocenters. The van der Waals surface area contributed by atoms with Crippen molar-refractivity contribution >= 4 is 11.8 Å². The summed E-state index contributed by atoms with van der Waals surface area (Å²) < 4.78 is 5.46. The van der Waals surface area contributed by atoms with E-state index >= 15 is 0 Å². The molecule has 1 rings (SSSR count). The molecule has 65 valence electrons. The van der Waals surface area contributed by atoms with E-state index in [9.17, 15) is 0 Å². The fourth-order valence-electron chi connectivity index (χ4n) is 0.818. The molecule has 0 saturated heterocycles. The van der Waals surface area contributed by atoms with Crippen LogP contribution in [-0.4, -0.2) is 6.26 Å². The van der Waals surface area contributed by atoms with Crippen LogP contribution in [0.15, 0.2) is 30.3 Å². The van der Waals surface area contributed by atoms with E-state index in [4.69, 9.17) is 4.74 Å². The SMILES string of the molecule is CS[C](C)OCc1ccccc1. The average Bonchev–Trinajstić information content (AvgIpc) is 2.16. The number of ether oxygens (including phenoxy) is 1. The van der Waals surface area contributed by atoms with E-state index in [1.54, 1.807) is 11.8 Å². The molecule has 0 unspecified atom stereocenters. The van der Waals surface area contributed by atoms with E-state index in [1.165, 1.54) is 5.56 Å². The summed E-state index contributed by atoms with van der Waals surface area (Å²) in [6.45, 7) is 2.65. The van der Waals surface area contributed by atoms with Crippen LogP contribution in [0.25, 0.3) is 0 Å². The van der Waals surface area contributed by atoms with Crippen molar-refractivity contribution in [1.29, 1.82) is 0 Å². The van der Waals surface area contributed by atoms with Crippen LogP contribution in [0.1, 0.15) is 12.5 Å². The molecule has 0 amide bonds. The molecular formula is C10H13OS. The largest absolute Gasteiger partial charge is 0.356 e. The summed E-state index contributed by atoms with van der Waals surface area (Å²) >= 11 is 1.64. The predicted molar refractivity (Wildman–Crippen MR) is 53.7 cm³/mol. The maximum Gasteiger partial charge on any atom is 0.149 e. The molecule has 0 N–H and O–H groups in total. The van der Waals surface area contributed by atoms with Gasteiger partial charge in [-0.25, -0.2) is 0 Å². The van der Waals surface area contributed by atoms with Gasteiger partial charge in [0.1, 0.15) is 5.44 Å². The van der Waals surface area contributed by atoms with Crippen LogP contribution < -0.4 is 0 Å². The van der Waals surface area contributed by atoms with Gasteiger partial charge in [0.25, 0.3) is 0 Å². The van der Waals surface area contributed by atoms with Gasteiger partial charge in [0.05, 0.1) is 6.61 Å². The Kier molecular flexibility index (Phi) is 4.19. The molecule has 0 aliphatic carbocycles. The highest BCUT2D eigenvalue weighted by molar-refractivity contribution is 8.01. The van der Waals surface area contributed by atoms with Crippen molar-refractivity contribution in [2.75, 3.05) is 6.26 Å². The lowest BCUT2D eigenvalue weighted by molar-refractivity contribution is 0.176. The third-order valence-corrected chi connectivity index (χ3v) is 2.27. The molecular weight excluding hydrogens is 168 g/mol. The van der Waals surface area contributed by atoms with E-state index in [-0.39, 0.29) is 0 Å². The minimum atomic E-state index is 0.674. The van der Waals surface area contributed by atoms with E-state index in [0.29, 0.717) is 6.61 Å². The molecule has 0 bridgehead atoms. The lowest BCUT2D eigenvalue weighted by atomic mass is 10.2. The minimum absolute atomic E-state index is 0.674. The molecule has 1 radical (unpaired) electrons. The summed E-state index contributed by atoms with van der Waals surface area (Å²) in [7, 11) is 0.